The van der Waals surface area contributed by atoms with Gasteiger partial charge in [-0.25, -0.2) is 4.98 Å². The number of nitrogens with zero attached hydrogens (tertiary/aromatic N) is 2. The number of hydrogen-bond acceptors (Lipinski definition) is 2. The van der Waals surface area contributed by atoms with Crippen LogP contribution in [0.1, 0.15) is 30.8 Å². The number of amides is 1. The van der Waals surface area contributed by atoms with E-state index in [-0.39, 0.29) is 11.9 Å². The maximum atomic E-state index is 11.5. The van der Waals surface area contributed by atoms with Gasteiger partial charge in [0.05, 0.1) is 6.04 Å². The Labute approximate surface area is 119 Å². The molecule has 0 radical (unpaired) electrons. The van der Waals surface area contributed by atoms with E-state index >= 15 is 0 Å². The Bertz CT molecular complexity index is 574. The van der Waals surface area contributed by atoms with Gasteiger partial charge in [0.15, 0.2) is 0 Å². The molecule has 4 heteroatoms. The molecular formula is C16H19N3O. The molecule has 0 aliphatic heterocycles. The Balaban J connectivity index is 2.18. The van der Waals surface area contributed by atoms with E-state index in [1.165, 1.54) is 11.6 Å². The van der Waals surface area contributed by atoms with Crippen LogP contribution in [0.25, 0.3) is 0 Å². The van der Waals surface area contributed by atoms with Crippen LogP contribution in [0.5, 0.6) is 0 Å². The first-order valence-corrected chi connectivity index (χ1v) is 6.72. The van der Waals surface area contributed by atoms with Crippen molar-refractivity contribution in [1.82, 2.24) is 14.9 Å². The predicted octanol–water partition coefficient (Wildman–Crippen LogP) is 2.68. The quantitative estimate of drug-likeness (QED) is 0.820. The fraction of sp³-hybridized carbons (Fsp3) is 0.250. The first kappa shape index (κ1) is 14.1. The van der Waals surface area contributed by atoms with Gasteiger partial charge in [-0.15, -0.1) is 0 Å². The van der Waals surface area contributed by atoms with E-state index in [2.05, 4.69) is 33.6 Å². The first-order valence-electron chi connectivity index (χ1n) is 6.72. The summed E-state index contributed by atoms with van der Waals surface area (Å²) in [4.78, 5) is 15.9. The van der Waals surface area contributed by atoms with Gasteiger partial charge in [0.25, 0.3) is 0 Å². The number of rotatable bonds is 6. The van der Waals surface area contributed by atoms with E-state index in [1.54, 1.807) is 6.20 Å². The minimum atomic E-state index is -0.175. The molecule has 104 valence electrons. The smallest absolute Gasteiger partial charge is 0.243 e. The number of benzene rings is 1. The summed E-state index contributed by atoms with van der Waals surface area (Å²) >= 11 is 0. The molecule has 0 aliphatic carbocycles. The molecule has 1 N–H and O–H groups in total. The van der Waals surface area contributed by atoms with E-state index in [9.17, 15) is 4.79 Å². The summed E-state index contributed by atoms with van der Waals surface area (Å²) in [7, 11) is 0. The number of carbonyl (C=O) groups is 1. The zero-order chi connectivity index (χ0) is 14.4. The van der Waals surface area contributed by atoms with Crippen LogP contribution >= 0.6 is 0 Å². The largest absolute Gasteiger partial charge is 0.343 e. The molecule has 0 saturated carbocycles. The van der Waals surface area contributed by atoms with Crippen LogP contribution in [0.2, 0.25) is 0 Å². The highest BCUT2D eigenvalue weighted by molar-refractivity contribution is 5.87. The SMILES string of the molecule is C=CC(=O)NC(CC)c1nccn1Cc1ccccc1. The maximum absolute atomic E-state index is 11.5. The van der Waals surface area contributed by atoms with Crippen LogP contribution in [0.3, 0.4) is 0 Å². The Hall–Kier alpha value is -2.36. The van der Waals surface area contributed by atoms with Crippen molar-refractivity contribution in [1.29, 1.82) is 0 Å². The summed E-state index contributed by atoms with van der Waals surface area (Å²) in [6.45, 7) is 6.25. The molecule has 1 atom stereocenters. The first-order chi connectivity index (χ1) is 9.74. The average molecular weight is 269 g/mol. The summed E-state index contributed by atoms with van der Waals surface area (Å²) < 4.78 is 2.06. The normalized spacial score (nSPS) is 11.8. The molecular weight excluding hydrogens is 250 g/mol. The van der Waals surface area contributed by atoms with Gasteiger partial charge in [-0.05, 0) is 18.1 Å². The van der Waals surface area contributed by atoms with Crippen molar-refractivity contribution in [3.63, 3.8) is 0 Å². The van der Waals surface area contributed by atoms with Crippen molar-refractivity contribution in [3.05, 3.63) is 66.8 Å². The second-order valence-electron chi connectivity index (χ2n) is 4.57. The highest BCUT2D eigenvalue weighted by atomic mass is 16.1. The zero-order valence-corrected chi connectivity index (χ0v) is 11.6. The third kappa shape index (κ3) is 3.35. The molecule has 1 heterocycles. The number of hydrogen-bond donors (Lipinski definition) is 1. The molecule has 1 amide bonds. The van der Waals surface area contributed by atoms with Crippen LogP contribution in [0.4, 0.5) is 0 Å². The van der Waals surface area contributed by atoms with Crippen molar-refractivity contribution in [2.24, 2.45) is 0 Å². The zero-order valence-electron chi connectivity index (χ0n) is 11.6. The fourth-order valence-corrected chi connectivity index (χ4v) is 2.12. The molecule has 0 aliphatic rings. The standard InChI is InChI=1S/C16H19N3O/c1-3-14(18-15(20)4-2)16-17-10-11-19(16)12-13-8-6-5-7-9-13/h4-11,14H,2-3,12H2,1H3,(H,18,20). The summed E-state index contributed by atoms with van der Waals surface area (Å²) in [5.74, 6) is 0.692. The molecule has 1 aromatic heterocycles. The van der Waals surface area contributed by atoms with Gasteiger partial charge in [-0.2, -0.15) is 0 Å². The van der Waals surface area contributed by atoms with Gasteiger partial charge >= 0.3 is 0 Å². The molecule has 2 aromatic rings. The van der Waals surface area contributed by atoms with Gasteiger partial charge in [-0.1, -0.05) is 43.8 Å². The van der Waals surface area contributed by atoms with E-state index in [1.807, 2.05) is 31.3 Å². The van der Waals surface area contributed by atoms with E-state index < -0.39 is 0 Å². The number of aromatic nitrogens is 2. The van der Waals surface area contributed by atoms with E-state index in [4.69, 9.17) is 0 Å². The van der Waals surface area contributed by atoms with Gasteiger partial charge in [0.2, 0.25) is 5.91 Å². The lowest BCUT2D eigenvalue weighted by Crippen LogP contribution is -2.28. The third-order valence-electron chi connectivity index (χ3n) is 3.17. The summed E-state index contributed by atoms with van der Waals surface area (Å²) in [5, 5.41) is 2.90. The summed E-state index contributed by atoms with van der Waals surface area (Å²) in [5.41, 5.74) is 1.21. The highest BCUT2D eigenvalue weighted by Gasteiger charge is 2.16. The van der Waals surface area contributed by atoms with Crippen LogP contribution < -0.4 is 5.32 Å². The molecule has 0 spiro atoms. The lowest BCUT2D eigenvalue weighted by atomic mass is 10.2. The molecule has 20 heavy (non-hydrogen) atoms. The topological polar surface area (TPSA) is 46.9 Å². The lowest BCUT2D eigenvalue weighted by molar-refractivity contribution is -0.117. The van der Waals surface area contributed by atoms with Crippen molar-refractivity contribution < 1.29 is 4.79 Å². The fourth-order valence-electron chi connectivity index (χ4n) is 2.12. The van der Waals surface area contributed by atoms with Crippen LogP contribution in [0, 0.1) is 0 Å². The molecule has 1 unspecified atom stereocenters. The number of nitrogens with one attached hydrogen (secondary N) is 1. The van der Waals surface area contributed by atoms with Crippen molar-refractivity contribution in [2.45, 2.75) is 25.9 Å². The summed E-state index contributed by atoms with van der Waals surface area (Å²) in [6.07, 6.45) is 5.77. The van der Waals surface area contributed by atoms with E-state index in [0.29, 0.717) is 0 Å². The Kier molecular flexibility index (Phi) is 4.71. The van der Waals surface area contributed by atoms with Gasteiger partial charge in [0, 0.05) is 18.9 Å². The summed E-state index contributed by atoms with van der Waals surface area (Å²) in [6, 6.07) is 10.1. The van der Waals surface area contributed by atoms with Crippen LogP contribution in [-0.4, -0.2) is 15.5 Å². The van der Waals surface area contributed by atoms with Crippen LogP contribution in [0.15, 0.2) is 55.4 Å². The van der Waals surface area contributed by atoms with E-state index in [0.717, 1.165) is 18.8 Å². The lowest BCUT2D eigenvalue weighted by Gasteiger charge is -2.17. The average Bonchev–Trinajstić information content (AvgIpc) is 2.93. The number of imidazole rings is 1. The molecule has 4 nitrogen and oxygen atoms in total. The van der Waals surface area contributed by atoms with Crippen LogP contribution in [-0.2, 0) is 11.3 Å². The molecule has 0 bridgehead atoms. The Morgan fingerprint density at radius 2 is 2.20 bits per heavy atom. The predicted molar refractivity (Wildman–Crippen MR) is 79.1 cm³/mol. The maximum Gasteiger partial charge on any atom is 0.243 e. The van der Waals surface area contributed by atoms with Crippen molar-refractivity contribution >= 4 is 5.91 Å². The monoisotopic (exact) mass is 269 g/mol. The minimum Gasteiger partial charge on any atom is -0.343 e. The highest BCUT2D eigenvalue weighted by Crippen LogP contribution is 2.16. The molecule has 1 aromatic carbocycles. The van der Waals surface area contributed by atoms with Crippen molar-refractivity contribution in [3.8, 4) is 0 Å². The Morgan fingerprint density at radius 3 is 2.85 bits per heavy atom. The second kappa shape index (κ2) is 6.70. The van der Waals surface area contributed by atoms with Gasteiger partial charge in [0.1, 0.15) is 5.82 Å². The van der Waals surface area contributed by atoms with Crippen molar-refractivity contribution in [2.75, 3.05) is 0 Å². The third-order valence-corrected chi connectivity index (χ3v) is 3.17. The van der Waals surface area contributed by atoms with Gasteiger partial charge < -0.3 is 9.88 Å². The Morgan fingerprint density at radius 1 is 1.45 bits per heavy atom. The molecule has 0 saturated heterocycles. The molecule has 2 rings (SSSR count). The number of carbonyl (C=O) groups excluding carboxylic acids is 1. The minimum absolute atomic E-state index is 0.0980. The molecule has 0 fully saturated rings. The second-order valence-corrected chi connectivity index (χ2v) is 4.57. The van der Waals surface area contributed by atoms with Gasteiger partial charge in [-0.3, -0.25) is 4.79 Å².